The third-order valence-electron chi connectivity index (χ3n) is 1.31. The molecule has 5 nitrogen and oxygen atoms in total. The van der Waals surface area contributed by atoms with E-state index in [1.54, 1.807) is 0 Å². The predicted octanol–water partition coefficient (Wildman–Crippen LogP) is 1.12. The van der Waals surface area contributed by atoms with Crippen LogP contribution in [0.5, 0.6) is 0 Å². The van der Waals surface area contributed by atoms with Gasteiger partial charge in [-0.15, -0.1) is 10.2 Å². The van der Waals surface area contributed by atoms with E-state index in [-0.39, 0.29) is 5.89 Å². The van der Waals surface area contributed by atoms with Gasteiger partial charge in [0.1, 0.15) is 0 Å². The van der Waals surface area contributed by atoms with Gasteiger partial charge in [0.15, 0.2) is 0 Å². The normalized spacial score (nSPS) is 10.8. The van der Waals surface area contributed by atoms with Gasteiger partial charge in [0, 0.05) is 18.6 Å². The van der Waals surface area contributed by atoms with Crippen LogP contribution in [0.1, 0.15) is 25.1 Å². The molecule has 0 bridgehead atoms. The van der Waals surface area contributed by atoms with Crippen molar-refractivity contribution in [3.05, 3.63) is 17.9 Å². The second-order valence-corrected chi connectivity index (χ2v) is 2.46. The second kappa shape index (κ2) is 4.39. The van der Waals surface area contributed by atoms with E-state index in [2.05, 4.69) is 10.2 Å². The first-order valence-corrected chi connectivity index (χ1v) is 3.95. The summed E-state index contributed by atoms with van der Waals surface area (Å²) in [7, 11) is 0. The van der Waals surface area contributed by atoms with Crippen LogP contribution in [0.3, 0.4) is 0 Å². The Morgan fingerprint density at radius 2 is 2.38 bits per heavy atom. The van der Waals surface area contributed by atoms with E-state index < -0.39 is 5.97 Å². The lowest BCUT2D eigenvalue weighted by molar-refractivity contribution is -0.131. The molecule has 1 aromatic heterocycles. The van der Waals surface area contributed by atoms with E-state index in [0.717, 1.165) is 12.5 Å². The van der Waals surface area contributed by atoms with Gasteiger partial charge in [-0.3, -0.25) is 0 Å². The van der Waals surface area contributed by atoms with E-state index in [0.29, 0.717) is 12.3 Å². The number of carbonyl (C=O) groups is 1. The SMILES string of the molecule is CCCc1nnc(/C=C/C(=O)O)o1. The third-order valence-corrected chi connectivity index (χ3v) is 1.31. The molecule has 0 aromatic carbocycles. The highest BCUT2D eigenvalue weighted by Crippen LogP contribution is 2.03. The van der Waals surface area contributed by atoms with Crippen molar-refractivity contribution >= 4 is 12.0 Å². The van der Waals surface area contributed by atoms with Crippen LogP contribution in [0.4, 0.5) is 0 Å². The minimum absolute atomic E-state index is 0.228. The third kappa shape index (κ3) is 3.06. The summed E-state index contributed by atoms with van der Waals surface area (Å²) in [5.41, 5.74) is 0. The maximum Gasteiger partial charge on any atom is 0.328 e. The Hall–Kier alpha value is -1.65. The molecule has 1 aromatic rings. The first-order chi connectivity index (χ1) is 6.22. The van der Waals surface area contributed by atoms with Crippen LogP contribution in [0, 0.1) is 0 Å². The number of hydrogen-bond donors (Lipinski definition) is 1. The van der Waals surface area contributed by atoms with Gasteiger partial charge < -0.3 is 9.52 Å². The van der Waals surface area contributed by atoms with Crippen LogP contribution >= 0.6 is 0 Å². The van der Waals surface area contributed by atoms with Crippen LogP contribution in [0.15, 0.2) is 10.5 Å². The Labute approximate surface area is 75.1 Å². The number of aromatic nitrogens is 2. The second-order valence-electron chi connectivity index (χ2n) is 2.46. The topological polar surface area (TPSA) is 76.2 Å². The molecule has 0 aliphatic rings. The molecule has 70 valence electrons. The first-order valence-electron chi connectivity index (χ1n) is 3.95. The van der Waals surface area contributed by atoms with E-state index in [9.17, 15) is 4.79 Å². The maximum atomic E-state index is 10.1. The van der Waals surface area contributed by atoms with Crippen LogP contribution < -0.4 is 0 Å². The summed E-state index contributed by atoms with van der Waals surface area (Å²) >= 11 is 0. The Balaban J connectivity index is 2.63. The molecule has 1 rings (SSSR count). The lowest BCUT2D eigenvalue weighted by Gasteiger charge is -1.84. The molecule has 0 saturated heterocycles. The van der Waals surface area contributed by atoms with Crippen LogP contribution in [-0.2, 0) is 11.2 Å². The number of nitrogens with zero attached hydrogens (tertiary/aromatic N) is 2. The summed E-state index contributed by atoms with van der Waals surface area (Å²) in [6, 6.07) is 0. The van der Waals surface area contributed by atoms with Crippen molar-refractivity contribution in [3.8, 4) is 0 Å². The van der Waals surface area contributed by atoms with Crippen molar-refractivity contribution in [2.45, 2.75) is 19.8 Å². The van der Waals surface area contributed by atoms with Crippen molar-refractivity contribution in [2.75, 3.05) is 0 Å². The average molecular weight is 182 g/mol. The maximum absolute atomic E-state index is 10.1. The fourth-order valence-corrected chi connectivity index (χ4v) is 0.791. The number of aliphatic carboxylic acids is 1. The first kappa shape index (κ1) is 9.44. The zero-order valence-corrected chi connectivity index (χ0v) is 7.23. The van der Waals surface area contributed by atoms with Crippen molar-refractivity contribution in [2.24, 2.45) is 0 Å². The molecule has 13 heavy (non-hydrogen) atoms. The highest BCUT2D eigenvalue weighted by atomic mass is 16.4. The van der Waals surface area contributed by atoms with Crippen LogP contribution in [-0.4, -0.2) is 21.3 Å². The highest BCUT2D eigenvalue weighted by molar-refractivity contribution is 5.84. The van der Waals surface area contributed by atoms with Gasteiger partial charge in [0.25, 0.3) is 0 Å². The largest absolute Gasteiger partial charge is 0.478 e. The molecule has 0 unspecified atom stereocenters. The Kier molecular flexibility index (Phi) is 3.19. The molecule has 5 heteroatoms. The zero-order chi connectivity index (χ0) is 9.68. The van der Waals surface area contributed by atoms with Gasteiger partial charge in [0.2, 0.25) is 11.8 Å². The number of aryl methyl sites for hydroxylation is 1. The fourth-order valence-electron chi connectivity index (χ4n) is 0.791. The zero-order valence-electron chi connectivity index (χ0n) is 7.23. The molecule has 0 spiro atoms. The van der Waals surface area contributed by atoms with E-state index in [1.165, 1.54) is 6.08 Å². The number of hydrogen-bond acceptors (Lipinski definition) is 4. The highest BCUT2D eigenvalue weighted by Gasteiger charge is 2.01. The van der Waals surface area contributed by atoms with Gasteiger partial charge in [0.05, 0.1) is 0 Å². The quantitative estimate of drug-likeness (QED) is 0.706. The van der Waals surface area contributed by atoms with Gasteiger partial charge in [-0.2, -0.15) is 0 Å². The lowest BCUT2D eigenvalue weighted by atomic mass is 10.3. The summed E-state index contributed by atoms with van der Waals surface area (Å²) in [6.45, 7) is 2.00. The van der Waals surface area contributed by atoms with Crippen molar-refractivity contribution in [1.29, 1.82) is 0 Å². The summed E-state index contributed by atoms with van der Waals surface area (Å²) in [6.07, 6.45) is 3.87. The van der Waals surface area contributed by atoms with Crippen LogP contribution in [0.2, 0.25) is 0 Å². The van der Waals surface area contributed by atoms with E-state index in [4.69, 9.17) is 9.52 Å². The van der Waals surface area contributed by atoms with Crippen LogP contribution in [0.25, 0.3) is 6.08 Å². The molecule has 0 radical (unpaired) electrons. The standard InChI is InChI=1S/C8H10N2O3/c1-2-3-6-9-10-7(13-6)4-5-8(11)12/h4-5H,2-3H2,1H3,(H,11,12)/b5-4+. The summed E-state index contributed by atoms with van der Waals surface area (Å²) in [4.78, 5) is 10.1. The van der Waals surface area contributed by atoms with E-state index in [1.807, 2.05) is 6.92 Å². The van der Waals surface area contributed by atoms with Gasteiger partial charge in [-0.1, -0.05) is 6.92 Å². The minimum Gasteiger partial charge on any atom is -0.478 e. The van der Waals surface area contributed by atoms with Crippen molar-refractivity contribution in [3.63, 3.8) is 0 Å². The molecule has 0 aliphatic carbocycles. The molecule has 0 aliphatic heterocycles. The summed E-state index contributed by atoms with van der Waals surface area (Å²) < 4.78 is 5.10. The number of carboxylic acid groups (broad SMARTS) is 1. The van der Waals surface area contributed by atoms with E-state index >= 15 is 0 Å². The monoisotopic (exact) mass is 182 g/mol. The smallest absolute Gasteiger partial charge is 0.328 e. The Morgan fingerprint density at radius 3 is 3.00 bits per heavy atom. The summed E-state index contributed by atoms with van der Waals surface area (Å²) in [5, 5.41) is 15.7. The van der Waals surface area contributed by atoms with Crippen molar-refractivity contribution < 1.29 is 14.3 Å². The van der Waals surface area contributed by atoms with Gasteiger partial charge >= 0.3 is 5.97 Å². The molecule has 0 saturated carbocycles. The van der Waals surface area contributed by atoms with Gasteiger partial charge in [-0.05, 0) is 6.42 Å². The number of rotatable bonds is 4. The Bertz CT molecular complexity index is 317. The van der Waals surface area contributed by atoms with Gasteiger partial charge in [-0.25, -0.2) is 4.79 Å². The molecule has 0 amide bonds. The molecular formula is C8H10N2O3. The average Bonchev–Trinajstić information content (AvgIpc) is 2.50. The van der Waals surface area contributed by atoms with Crippen molar-refractivity contribution in [1.82, 2.24) is 10.2 Å². The minimum atomic E-state index is -1.03. The molecule has 0 fully saturated rings. The molecule has 1 heterocycles. The fraction of sp³-hybridized carbons (Fsp3) is 0.375. The predicted molar refractivity (Wildman–Crippen MR) is 45.0 cm³/mol. The molecular weight excluding hydrogens is 172 g/mol. The lowest BCUT2D eigenvalue weighted by Crippen LogP contribution is -1.85. The molecule has 1 N–H and O–H groups in total. The Morgan fingerprint density at radius 1 is 1.62 bits per heavy atom. The molecule has 0 atom stereocenters. The summed E-state index contributed by atoms with van der Waals surface area (Å²) in [5.74, 6) is -0.270. The number of carboxylic acids is 1.